The number of amides is 1. The molecule has 5 heteroatoms. The smallest absolute Gasteiger partial charge is 0.410 e. The Morgan fingerprint density at radius 3 is 2.62 bits per heavy atom. The van der Waals surface area contributed by atoms with Gasteiger partial charge < -0.3 is 14.7 Å². The Bertz CT molecular complexity index is 622. The fourth-order valence-corrected chi connectivity index (χ4v) is 3.22. The van der Waals surface area contributed by atoms with Crippen molar-refractivity contribution < 1.29 is 19.0 Å². The van der Waals surface area contributed by atoms with Crippen molar-refractivity contribution in [3.05, 3.63) is 47.3 Å². The summed E-state index contributed by atoms with van der Waals surface area (Å²) in [5, 5.41) is 9.43. The number of carbonyl (C=O) groups is 1. The highest BCUT2D eigenvalue weighted by Gasteiger charge is 2.27. The van der Waals surface area contributed by atoms with Crippen LogP contribution in [0.25, 0.3) is 0 Å². The van der Waals surface area contributed by atoms with Crippen molar-refractivity contribution in [3.8, 4) is 0 Å². The average Bonchev–Trinajstić information content (AvgIpc) is 3.06. The minimum absolute atomic E-state index is 0.0425. The van der Waals surface area contributed by atoms with Crippen LogP contribution < -0.4 is 0 Å². The Morgan fingerprint density at radius 2 is 2.00 bits per heavy atom. The Kier molecular flexibility index (Phi) is 7.21. The number of halogens is 1. The van der Waals surface area contributed by atoms with Crippen molar-refractivity contribution >= 4 is 6.09 Å². The summed E-state index contributed by atoms with van der Waals surface area (Å²) >= 11 is 0. The van der Waals surface area contributed by atoms with Crippen LogP contribution in [0.5, 0.6) is 0 Å². The minimum Gasteiger partial charge on any atom is -0.444 e. The van der Waals surface area contributed by atoms with Crippen molar-refractivity contribution in [1.82, 2.24) is 4.90 Å². The minimum atomic E-state index is -0.632. The zero-order chi connectivity index (χ0) is 19.2. The zero-order valence-corrected chi connectivity index (χ0v) is 16.0. The summed E-state index contributed by atoms with van der Waals surface area (Å²) in [6.45, 7) is 5.63. The molecular formula is C21H30FNO3. The van der Waals surface area contributed by atoms with Crippen LogP contribution in [0.3, 0.4) is 0 Å². The van der Waals surface area contributed by atoms with E-state index in [0.29, 0.717) is 25.0 Å². The van der Waals surface area contributed by atoms with Crippen LogP contribution in [0.1, 0.15) is 45.6 Å². The highest BCUT2D eigenvalue weighted by molar-refractivity contribution is 5.68. The Hall–Kier alpha value is -1.88. The number of aliphatic hydroxyl groups excluding tert-OH is 1. The van der Waals surface area contributed by atoms with Gasteiger partial charge in [-0.1, -0.05) is 30.3 Å². The number of ether oxygens (including phenoxy) is 1. The van der Waals surface area contributed by atoms with Crippen LogP contribution in [-0.4, -0.2) is 41.4 Å². The highest BCUT2D eigenvalue weighted by atomic mass is 19.1. The molecule has 26 heavy (non-hydrogen) atoms. The normalized spacial score (nSPS) is 19.3. The molecule has 0 aromatic heterocycles. The van der Waals surface area contributed by atoms with E-state index in [1.807, 2.05) is 30.3 Å². The van der Waals surface area contributed by atoms with Gasteiger partial charge in [0, 0.05) is 19.1 Å². The zero-order valence-electron chi connectivity index (χ0n) is 16.0. The van der Waals surface area contributed by atoms with Gasteiger partial charge in [0.1, 0.15) is 11.4 Å². The lowest BCUT2D eigenvalue weighted by Gasteiger charge is -2.27. The first kappa shape index (κ1) is 20.4. The molecule has 2 rings (SSSR count). The number of carbonyl (C=O) groups excluding carboxylic acids is 1. The largest absolute Gasteiger partial charge is 0.444 e. The van der Waals surface area contributed by atoms with Crippen LogP contribution in [0.2, 0.25) is 0 Å². The lowest BCUT2D eigenvalue weighted by molar-refractivity contribution is 0.0259. The number of aliphatic hydroxyl groups is 1. The third-order valence-corrected chi connectivity index (χ3v) is 4.55. The van der Waals surface area contributed by atoms with E-state index in [2.05, 4.69) is 0 Å². The average molecular weight is 363 g/mol. The molecule has 1 aromatic carbocycles. The predicted molar refractivity (Wildman–Crippen MR) is 101 cm³/mol. The summed E-state index contributed by atoms with van der Waals surface area (Å²) < 4.78 is 20.3. The molecule has 0 spiro atoms. The molecule has 1 aromatic rings. The summed E-state index contributed by atoms with van der Waals surface area (Å²) in [6, 6.07) is 9.80. The molecule has 1 unspecified atom stereocenters. The molecule has 0 radical (unpaired) electrons. The van der Waals surface area contributed by atoms with Gasteiger partial charge in [0.15, 0.2) is 0 Å². The Morgan fingerprint density at radius 1 is 1.31 bits per heavy atom. The van der Waals surface area contributed by atoms with Gasteiger partial charge in [0.05, 0.1) is 6.54 Å². The van der Waals surface area contributed by atoms with E-state index in [1.54, 1.807) is 20.8 Å². The van der Waals surface area contributed by atoms with Crippen LogP contribution in [-0.2, 0) is 11.2 Å². The first-order chi connectivity index (χ1) is 12.3. The van der Waals surface area contributed by atoms with Gasteiger partial charge in [0.2, 0.25) is 0 Å². The fraction of sp³-hybridized carbons (Fsp3) is 0.571. The maximum atomic E-state index is 14.8. The molecule has 1 aliphatic carbocycles. The number of rotatable bonds is 6. The maximum absolute atomic E-state index is 14.8. The van der Waals surface area contributed by atoms with Crippen molar-refractivity contribution in [1.29, 1.82) is 0 Å². The molecule has 4 nitrogen and oxygen atoms in total. The van der Waals surface area contributed by atoms with Crippen LogP contribution in [0.15, 0.2) is 41.7 Å². The van der Waals surface area contributed by atoms with Gasteiger partial charge in [-0.15, -0.1) is 0 Å². The van der Waals surface area contributed by atoms with Crippen LogP contribution >= 0.6 is 0 Å². The summed E-state index contributed by atoms with van der Waals surface area (Å²) in [4.78, 5) is 14.0. The lowest BCUT2D eigenvalue weighted by atomic mass is 10.0. The van der Waals surface area contributed by atoms with Crippen molar-refractivity contribution in [2.24, 2.45) is 5.92 Å². The molecule has 0 heterocycles. The van der Waals surface area contributed by atoms with E-state index in [0.717, 1.165) is 18.4 Å². The van der Waals surface area contributed by atoms with Gasteiger partial charge in [0.25, 0.3) is 0 Å². The molecule has 1 aliphatic rings. The van der Waals surface area contributed by atoms with E-state index in [-0.39, 0.29) is 24.9 Å². The van der Waals surface area contributed by atoms with Gasteiger partial charge in [-0.25, -0.2) is 9.18 Å². The van der Waals surface area contributed by atoms with E-state index in [4.69, 9.17) is 4.74 Å². The number of nitrogens with zero attached hydrogens (tertiary/aromatic N) is 1. The second-order valence-corrected chi connectivity index (χ2v) is 7.84. The molecule has 1 amide bonds. The molecule has 1 atom stereocenters. The first-order valence-corrected chi connectivity index (χ1v) is 9.30. The molecule has 0 saturated heterocycles. The number of hydrogen-bond acceptors (Lipinski definition) is 3. The molecule has 1 fully saturated rings. The second kappa shape index (κ2) is 9.17. The van der Waals surface area contributed by atoms with E-state index in [1.165, 1.54) is 4.90 Å². The lowest BCUT2D eigenvalue weighted by Crippen LogP contribution is -2.39. The standard InChI is InChI=1S/C21H30FNO3/c1-21(2,3)26-20(25)23(13-12-16-8-5-4-6-9-16)14-19(22)18-11-7-10-17(18)15-24/h4-6,8-9,17,24H,7,10-15H2,1-3H3/b19-18+. The Labute approximate surface area is 155 Å². The predicted octanol–water partition coefficient (Wildman–Crippen LogP) is 4.48. The van der Waals surface area contributed by atoms with Crippen molar-refractivity contribution in [3.63, 3.8) is 0 Å². The maximum Gasteiger partial charge on any atom is 0.410 e. The molecular weight excluding hydrogens is 333 g/mol. The van der Waals surface area contributed by atoms with Crippen LogP contribution in [0.4, 0.5) is 9.18 Å². The van der Waals surface area contributed by atoms with Gasteiger partial charge in [-0.2, -0.15) is 0 Å². The third-order valence-electron chi connectivity index (χ3n) is 4.55. The van der Waals surface area contributed by atoms with E-state index < -0.39 is 11.7 Å². The summed E-state index contributed by atoms with van der Waals surface area (Å²) in [5.74, 6) is -0.426. The highest BCUT2D eigenvalue weighted by Crippen LogP contribution is 2.33. The number of hydrogen-bond donors (Lipinski definition) is 1. The molecule has 0 aliphatic heterocycles. The summed E-state index contributed by atoms with van der Waals surface area (Å²) in [6.07, 6.45) is 2.45. The fourth-order valence-electron chi connectivity index (χ4n) is 3.22. The topological polar surface area (TPSA) is 49.8 Å². The molecule has 0 bridgehead atoms. The first-order valence-electron chi connectivity index (χ1n) is 9.30. The van der Waals surface area contributed by atoms with Gasteiger partial charge >= 0.3 is 6.09 Å². The summed E-state index contributed by atoms with van der Waals surface area (Å²) in [5.41, 5.74) is 1.11. The molecule has 144 valence electrons. The van der Waals surface area contributed by atoms with Crippen molar-refractivity contribution in [2.75, 3.05) is 19.7 Å². The third kappa shape index (κ3) is 6.13. The molecule has 1 N–H and O–H groups in total. The summed E-state index contributed by atoms with van der Waals surface area (Å²) in [7, 11) is 0. The Balaban J connectivity index is 2.11. The van der Waals surface area contributed by atoms with Crippen molar-refractivity contribution in [2.45, 2.75) is 52.1 Å². The van der Waals surface area contributed by atoms with E-state index >= 15 is 0 Å². The quantitative estimate of drug-likeness (QED) is 0.810. The SMILES string of the molecule is CC(C)(C)OC(=O)N(CCc1ccccc1)C/C(F)=C1/CCCC1CO. The number of benzene rings is 1. The van der Waals surface area contributed by atoms with Gasteiger partial charge in [-0.05, 0) is 57.6 Å². The van der Waals surface area contributed by atoms with Crippen LogP contribution in [0, 0.1) is 5.92 Å². The molecule has 1 saturated carbocycles. The monoisotopic (exact) mass is 363 g/mol. The second-order valence-electron chi connectivity index (χ2n) is 7.84. The van der Waals surface area contributed by atoms with Gasteiger partial charge in [-0.3, -0.25) is 0 Å². The van der Waals surface area contributed by atoms with E-state index in [9.17, 15) is 14.3 Å².